The average Bonchev–Trinajstić information content (AvgIpc) is 2.99. The molecular weight excluding hydrogens is 420 g/mol. The lowest BCUT2D eigenvalue weighted by atomic mass is 10.0. The molecule has 0 amide bonds. The molecule has 1 heterocycles. The third kappa shape index (κ3) is 3.69. The zero-order chi connectivity index (χ0) is 18.8. The first kappa shape index (κ1) is 19.1. The lowest BCUT2D eigenvalue weighted by Gasteiger charge is -2.07. The first-order valence-electron chi connectivity index (χ1n) is 7.50. The van der Waals surface area contributed by atoms with Crippen molar-refractivity contribution in [1.29, 1.82) is 0 Å². The summed E-state index contributed by atoms with van der Waals surface area (Å²) in [5.41, 5.74) is 1.31. The molecule has 0 aliphatic rings. The van der Waals surface area contributed by atoms with Crippen molar-refractivity contribution >= 4 is 52.4 Å². The fourth-order valence-corrected chi connectivity index (χ4v) is 3.40. The maximum Gasteiger partial charge on any atom is 0.344 e. The van der Waals surface area contributed by atoms with Crippen LogP contribution in [0.2, 0.25) is 20.1 Å². The SMILES string of the molecule is CCOC(=O)c1c(-c2ccc(Cl)cc2Cl)noc1-c1ccc(Cl)cc1Cl. The minimum Gasteiger partial charge on any atom is -0.462 e. The molecule has 0 spiro atoms. The molecule has 8 heteroatoms. The Balaban J connectivity index is 2.23. The molecule has 0 atom stereocenters. The van der Waals surface area contributed by atoms with Gasteiger partial charge < -0.3 is 9.26 Å². The van der Waals surface area contributed by atoms with Gasteiger partial charge >= 0.3 is 5.97 Å². The minimum absolute atomic E-state index is 0.125. The normalized spacial score (nSPS) is 10.8. The summed E-state index contributed by atoms with van der Waals surface area (Å²) >= 11 is 24.4. The summed E-state index contributed by atoms with van der Waals surface area (Å²) in [7, 11) is 0. The molecule has 26 heavy (non-hydrogen) atoms. The Kier molecular flexibility index (Phi) is 5.78. The number of esters is 1. The van der Waals surface area contributed by atoms with Gasteiger partial charge in [-0.3, -0.25) is 0 Å². The number of benzene rings is 2. The maximum absolute atomic E-state index is 12.6. The van der Waals surface area contributed by atoms with E-state index in [2.05, 4.69) is 5.16 Å². The molecule has 3 rings (SSSR count). The molecule has 134 valence electrons. The molecule has 0 fully saturated rings. The van der Waals surface area contributed by atoms with Gasteiger partial charge in [-0.25, -0.2) is 4.79 Å². The maximum atomic E-state index is 12.6. The van der Waals surface area contributed by atoms with Crippen molar-refractivity contribution in [3.63, 3.8) is 0 Å². The van der Waals surface area contributed by atoms with Gasteiger partial charge in [0.1, 0.15) is 11.3 Å². The number of rotatable bonds is 4. The first-order chi connectivity index (χ1) is 12.4. The van der Waals surface area contributed by atoms with E-state index in [1.54, 1.807) is 43.3 Å². The van der Waals surface area contributed by atoms with E-state index in [0.29, 0.717) is 31.2 Å². The predicted octanol–water partition coefficient (Wildman–Crippen LogP) is 6.80. The Morgan fingerprint density at radius 2 is 1.58 bits per heavy atom. The largest absolute Gasteiger partial charge is 0.462 e. The Morgan fingerprint density at radius 1 is 1.00 bits per heavy atom. The van der Waals surface area contributed by atoms with Crippen LogP contribution < -0.4 is 0 Å². The van der Waals surface area contributed by atoms with E-state index >= 15 is 0 Å². The van der Waals surface area contributed by atoms with Gasteiger partial charge in [-0.05, 0) is 43.3 Å². The van der Waals surface area contributed by atoms with Gasteiger partial charge in [0, 0.05) is 21.2 Å². The number of halogens is 4. The van der Waals surface area contributed by atoms with Crippen molar-refractivity contribution in [3.8, 4) is 22.6 Å². The highest BCUT2D eigenvalue weighted by Crippen LogP contribution is 2.39. The lowest BCUT2D eigenvalue weighted by molar-refractivity contribution is 0.0527. The minimum atomic E-state index is -0.601. The summed E-state index contributed by atoms with van der Waals surface area (Å²) in [6.45, 7) is 1.89. The molecule has 0 aliphatic carbocycles. The first-order valence-corrected chi connectivity index (χ1v) is 9.01. The quantitative estimate of drug-likeness (QED) is 0.427. The second-order valence-corrected chi connectivity index (χ2v) is 6.89. The van der Waals surface area contributed by atoms with Crippen molar-refractivity contribution < 1.29 is 14.1 Å². The van der Waals surface area contributed by atoms with Crippen LogP contribution in [0, 0.1) is 0 Å². The Bertz CT molecular complexity index is 916. The van der Waals surface area contributed by atoms with Gasteiger partial charge in [0.2, 0.25) is 0 Å². The van der Waals surface area contributed by atoms with Crippen LogP contribution in [0.5, 0.6) is 0 Å². The highest BCUT2D eigenvalue weighted by atomic mass is 35.5. The number of hydrogen-bond donors (Lipinski definition) is 0. The summed E-state index contributed by atoms with van der Waals surface area (Å²) in [5.74, 6) is -0.429. The highest BCUT2D eigenvalue weighted by Gasteiger charge is 2.28. The van der Waals surface area contributed by atoms with Crippen LogP contribution in [0.1, 0.15) is 17.3 Å². The van der Waals surface area contributed by atoms with Gasteiger partial charge in [-0.1, -0.05) is 51.6 Å². The average molecular weight is 431 g/mol. The van der Waals surface area contributed by atoms with E-state index in [0.717, 1.165) is 0 Å². The van der Waals surface area contributed by atoms with E-state index < -0.39 is 5.97 Å². The number of aromatic nitrogens is 1. The standard InChI is InChI=1S/C18H11Cl4NO3/c1-2-25-18(24)15-16(11-5-3-9(19)7-13(11)21)23-26-17(15)12-6-4-10(20)8-14(12)22/h3-8H,2H2,1H3. The number of hydrogen-bond acceptors (Lipinski definition) is 4. The number of carbonyl (C=O) groups excluding carboxylic acids is 1. The van der Waals surface area contributed by atoms with Crippen LogP contribution in [0.3, 0.4) is 0 Å². The van der Waals surface area contributed by atoms with E-state index in [9.17, 15) is 4.79 Å². The summed E-state index contributed by atoms with van der Waals surface area (Å²) in [4.78, 5) is 12.6. The van der Waals surface area contributed by atoms with Crippen LogP contribution in [-0.4, -0.2) is 17.7 Å². The van der Waals surface area contributed by atoms with E-state index in [-0.39, 0.29) is 23.6 Å². The van der Waals surface area contributed by atoms with Gasteiger partial charge in [0.05, 0.1) is 16.7 Å². The van der Waals surface area contributed by atoms with Gasteiger partial charge in [0.15, 0.2) is 5.76 Å². The van der Waals surface area contributed by atoms with Crippen LogP contribution in [-0.2, 0) is 4.74 Å². The van der Waals surface area contributed by atoms with Crippen LogP contribution in [0.4, 0.5) is 0 Å². The fourth-order valence-electron chi connectivity index (χ4n) is 2.41. The zero-order valence-corrected chi connectivity index (χ0v) is 16.4. The van der Waals surface area contributed by atoms with Crippen molar-refractivity contribution in [1.82, 2.24) is 5.16 Å². The number of nitrogens with zero attached hydrogens (tertiary/aromatic N) is 1. The molecular formula is C18H11Cl4NO3. The lowest BCUT2D eigenvalue weighted by Crippen LogP contribution is -2.07. The molecule has 2 aromatic carbocycles. The van der Waals surface area contributed by atoms with Gasteiger partial charge in [-0.2, -0.15) is 0 Å². The summed E-state index contributed by atoms with van der Waals surface area (Å²) in [5, 5.41) is 5.58. The molecule has 0 saturated carbocycles. The zero-order valence-electron chi connectivity index (χ0n) is 13.4. The van der Waals surface area contributed by atoms with Crippen LogP contribution >= 0.6 is 46.4 Å². The topological polar surface area (TPSA) is 52.3 Å². The Hall–Kier alpha value is -1.72. The molecule has 4 nitrogen and oxygen atoms in total. The van der Waals surface area contributed by atoms with Crippen molar-refractivity contribution in [2.45, 2.75) is 6.92 Å². The summed E-state index contributed by atoms with van der Waals surface area (Å²) in [6.07, 6.45) is 0. The molecule has 0 unspecified atom stereocenters. The van der Waals surface area contributed by atoms with Gasteiger partial charge in [-0.15, -0.1) is 0 Å². The third-order valence-electron chi connectivity index (χ3n) is 3.53. The Labute approximate surface area is 169 Å². The second-order valence-electron chi connectivity index (χ2n) is 5.20. The molecule has 0 aliphatic heterocycles. The predicted molar refractivity (Wildman–Crippen MR) is 103 cm³/mol. The molecule has 0 radical (unpaired) electrons. The molecule has 1 aromatic heterocycles. The third-order valence-corrected chi connectivity index (χ3v) is 4.63. The summed E-state index contributed by atoms with van der Waals surface area (Å²) in [6, 6.07) is 9.66. The fraction of sp³-hybridized carbons (Fsp3) is 0.111. The highest BCUT2D eigenvalue weighted by molar-refractivity contribution is 6.37. The van der Waals surface area contributed by atoms with Crippen molar-refractivity contribution in [2.75, 3.05) is 6.61 Å². The molecule has 0 saturated heterocycles. The van der Waals surface area contributed by atoms with Crippen LogP contribution in [0.25, 0.3) is 22.6 Å². The monoisotopic (exact) mass is 429 g/mol. The van der Waals surface area contributed by atoms with E-state index in [4.69, 9.17) is 55.7 Å². The number of carbonyl (C=O) groups is 1. The van der Waals surface area contributed by atoms with Crippen LogP contribution in [0.15, 0.2) is 40.9 Å². The van der Waals surface area contributed by atoms with E-state index in [1.807, 2.05) is 0 Å². The smallest absolute Gasteiger partial charge is 0.344 e. The number of ether oxygens (including phenoxy) is 1. The van der Waals surface area contributed by atoms with Crippen molar-refractivity contribution in [2.24, 2.45) is 0 Å². The van der Waals surface area contributed by atoms with Crippen molar-refractivity contribution in [3.05, 3.63) is 62.1 Å². The molecule has 0 N–H and O–H groups in total. The van der Waals surface area contributed by atoms with Gasteiger partial charge in [0.25, 0.3) is 0 Å². The Morgan fingerprint density at radius 3 is 2.12 bits per heavy atom. The molecule has 3 aromatic rings. The summed E-state index contributed by atoms with van der Waals surface area (Å²) < 4.78 is 10.6. The molecule has 0 bridgehead atoms. The second kappa shape index (κ2) is 7.89. The van der Waals surface area contributed by atoms with E-state index in [1.165, 1.54) is 0 Å².